The molecule has 0 aliphatic rings. The summed E-state index contributed by atoms with van der Waals surface area (Å²) in [5, 5.41) is 0. The molecule has 2 rings (SSSR count). The Bertz CT molecular complexity index is 486. The van der Waals surface area contributed by atoms with Crippen LogP contribution >= 0.6 is 44.1 Å². The first kappa shape index (κ1) is 8.47. The first-order valence-corrected chi connectivity index (χ1v) is 5.23. The average molecular weight is 308 g/mol. The maximum Gasteiger partial charge on any atom is 0.175 e. The van der Waals surface area contributed by atoms with Crippen molar-refractivity contribution < 1.29 is 0 Å². The van der Waals surface area contributed by atoms with Crippen molar-refractivity contribution in [3.05, 3.63) is 25.8 Å². The Hall–Kier alpha value is -0.130. The normalized spacial score (nSPS) is 10.8. The van der Waals surface area contributed by atoms with Crippen molar-refractivity contribution in [2.24, 2.45) is 0 Å². The quantitative estimate of drug-likeness (QED) is 0.714. The van der Waals surface area contributed by atoms with E-state index in [0.29, 0.717) is 4.77 Å². The Morgan fingerprint density at radius 1 is 1.17 bits per heavy atom. The minimum absolute atomic E-state index is 0.642. The van der Waals surface area contributed by atoms with E-state index in [1.165, 1.54) is 0 Å². The molecular weight excluding hydrogens is 304 g/mol. The zero-order chi connectivity index (χ0) is 8.72. The van der Waals surface area contributed by atoms with Gasteiger partial charge in [-0.3, -0.25) is 0 Å². The lowest BCUT2D eigenvalue weighted by atomic mass is 10.3. The Kier molecular flexibility index (Phi) is 2.10. The van der Waals surface area contributed by atoms with Gasteiger partial charge in [-0.1, -0.05) is 15.9 Å². The molecule has 0 radical (unpaired) electrons. The van der Waals surface area contributed by atoms with Crippen molar-refractivity contribution in [1.29, 1.82) is 0 Å². The molecule has 62 valence electrons. The van der Waals surface area contributed by atoms with Gasteiger partial charge in [0.15, 0.2) is 4.77 Å². The highest BCUT2D eigenvalue weighted by Crippen LogP contribution is 2.25. The van der Waals surface area contributed by atoms with E-state index in [4.69, 9.17) is 12.2 Å². The molecule has 0 amide bonds. The Balaban J connectivity index is 2.97. The van der Waals surface area contributed by atoms with Crippen LogP contribution < -0.4 is 0 Å². The molecule has 0 saturated carbocycles. The molecule has 2 aromatic rings. The van der Waals surface area contributed by atoms with Gasteiger partial charge in [-0.05, 0) is 40.3 Å². The predicted octanol–water partition coefficient (Wildman–Crippen LogP) is 3.75. The summed E-state index contributed by atoms with van der Waals surface area (Å²) in [6, 6.07) is 3.95. The van der Waals surface area contributed by atoms with Crippen LogP contribution in [-0.4, -0.2) is 9.97 Å². The average Bonchev–Trinajstić information content (AvgIpc) is 2.29. The van der Waals surface area contributed by atoms with Gasteiger partial charge in [0.2, 0.25) is 0 Å². The highest BCUT2D eigenvalue weighted by atomic mass is 79.9. The number of hydrogen-bond donors (Lipinski definition) is 2. The molecule has 0 bridgehead atoms. The van der Waals surface area contributed by atoms with E-state index in [9.17, 15) is 0 Å². The summed E-state index contributed by atoms with van der Waals surface area (Å²) in [6.07, 6.45) is 0. The maximum absolute atomic E-state index is 4.97. The second-order valence-corrected chi connectivity index (χ2v) is 4.57. The maximum atomic E-state index is 4.97. The molecule has 1 heterocycles. The first-order chi connectivity index (χ1) is 5.66. The second kappa shape index (κ2) is 2.97. The Labute approximate surface area is 90.6 Å². The molecule has 5 heteroatoms. The summed E-state index contributed by atoms with van der Waals surface area (Å²) in [4.78, 5) is 6.08. The number of fused-ring (bicyclic) bond motifs is 1. The van der Waals surface area contributed by atoms with Crippen LogP contribution in [0.2, 0.25) is 0 Å². The lowest BCUT2D eigenvalue weighted by molar-refractivity contribution is 1.30. The summed E-state index contributed by atoms with van der Waals surface area (Å²) < 4.78 is 2.66. The Morgan fingerprint density at radius 2 is 1.92 bits per heavy atom. The number of aromatic amines is 2. The fourth-order valence-electron chi connectivity index (χ4n) is 1.07. The van der Waals surface area contributed by atoms with Crippen LogP contribution in [0, 0.1) is 4.77 Å². The van der Waals surface area contributed by atoms with Crippen LogP contribution in [0.1, 0.15) is 0 Å². The molecule has 2 nitrogen and oxygen atoms in total. The number of rotatable bonds is 0. The first-order valence-electron chi connectivity index (χ1n) is 3.24. The zero-order valence-electron chi connectivity index (χ0n) is 5.82. The monoisotopic (exact) mass is 306 g/mol. The Morgan fingerprint density at radius 3 is 2.67 bits per heavy atom. The summed E-state index contributed by atoms with van der Waals surface area (Å²) in [5.74, 6) is 0. The summed E-state index contributed by atoms with van der Waals surface area (Å²) >= 11 is 11.8. The number of nitrogens with one attached hydrogen (secondary N) is 2. The number of halogens is 2. The van der Waals surface area contributed by atoms with E-state index >= 15 is 0 Å². The predicted molar refractivity (Wildman–Crippen MR) is 58.9 cm³/mol. The molecule has 2 N–H and O–H groups in total. The lowest BCUT2D eigenvalue weighted by Crippen LogP contribution is -1.72. The fourth-order valence-corrected chi connectivity index (χ4v) is 2.60. The SMILES string of the molecule is S=c1[nH]c2cc(Br)cc(Br)c2[nH]1. The van der Waals surface area contributed by atoms with Crippen LogP contribution in [0.15, 0.2) is 21.1 Å². The highest BCUT2D eigenvalue weighted by Gasteiger charge is 2.01. The molecule has 0 aliphatic carbocycles. The van der Waals surface area contributed by atoms with Crippen LogP contribution in [-0.2, 0) is 0 Å². The molecule has 12 heavy (non-hydrogen) atoms. The van der Waals surface area contributed by atoms with E-state index < -0.39 is 0 Å². The summed E-state index contributed by atoms with van der Waals surface area (Å²) in [6.45, 7) is 0. The van der Waals surface area contributed by atoms with Gasteiger partial charge in [-0.25, -0.2) is 0 Å². The van der Waals surface area contributed by atoms with E-state index in [1.54, 1.807) is 0 Å². The van der Waals surface area contributed by atoms with Gasteiger partial charge in [0, 0.05) is 8.95 Å². The van der Waals surface area contributed by atoms with Gasteiger partial charge in [0.1, 0.15) is 0 Å². The van der Waals surface area contributed by atoms with Crippen molar-refractivity contribution in [2.75, 3.05) is 0 Å². The molecule has 0 saturated heterocycles. The third kappa shape index (κ3) is 1.36. The number of imidazole rings is 1. The molecule has 0 fully saturated rings. The van der Waals surface area contributed by atoms with Gasteiger partial charge in [-0.2, -0.15) is 0 Å². The molecule has 0 spiro atoms. The van der Waals surface area contributed by atoms with Gasteiger partial charge < -0.3 is 9.97 Å². The topological polar surface area (TPSA) is 31.6 Å². The van der Waals surface area contributed by atoms with Gasteiger partial charge in [0.25, 0.3) is 0 Å². The molecule has 0 unspecified atom stereocenters. The molecule has 0 atom stereocenters. The van der Waals surface area contributed by atoms with Crippen LogP contribution in [0.25, 0.3) is 11.0 Å². The lowest BCUT2D eigenvalue weighted by Gasteiger charge is -1.94. The number of H-pyrrole nitrogens is 2. The molecule has 1 aromatic heterocycles. The number of benzene rings is 1. The number of aromatic nitrogens is 2. The largest absolute Gasteiger partial charge is 0.331 e. The van der Waals surface area contributed by atoms with Gasteiger partial charge >= 0.3 is 0 Å². The third-order valence-corrected chi connectivity index (χ3v) is 2.83. The minimum Gasteiger partial charge on any atom is -0.331 e. The standard InChI is InChI=1S/C7H4Br2N2S/c8-3-1-4(9)6-5(2-3)10-7(12)11-6/h1-2H,(H2,10,11,12). The molecule has 0 aliphatic heterocycles. The second-order valence-electron chi connectivity index (χ2n) is 2.39. The van der Waals surface area contributed by atoms with Crippen LogP contribution in [0.3, 0.4) is 0 Å². The van der Waals surface area contributed by atoms with E-state index in [-0.39, 0.29) is 0 Å². The van der Waals surface area contributed by atoms with E-state index in [2.05, 4.69) is 41.8 Å². The van der Waals surface area contributed by atoms with E-state index in [1.807, 2.05) is 12.1 Å². The molecule has 1 aromatic carbocycles. The van der Waals surface area contributed by atoms with E-state index in [0.717, 1.165) is 20.0 Å². The highest BCUT2D eigenvalue weighted by molar-refractivity contribution is 9.11. The minimum atomic E-state index is 0.642. The third-order valence-electron chi connectivity index (χ3n) is 1.54. The fraction of sp³-hybridized carbons (Fsp3) is 0. The van der Waals surface area contributed by atoms with Crippen molar-refractivity contribution in [2.45, 2.75) is 0 Å². The smallest absolute Gasteiger partial charge is 0.175 e. The van der Waals surface area contributed by atoms with Crippen molar-refractivity contribution in [3.63, 3.8) is 0 Å². The summed E-state index contributed by atoms with van der Waals surface area (Å²) in [5.41, 5.74) is 2.00. The molecular formula is C7H4Br2N2S. The van der Waals surface area contributed by atoms with Crippen LogP contribution in [0.5, 0.6) is 0 Å². The van der Waals surface area contributed by atoms with Crippen molar-refractivity contribution in [3.8, 4) is 0 Å². The zero-order valence-corrected chi connectivity index (χ0v) is 9.81. The van der Waals surface area contributed by atoms with Crippen LogP contribution in [0.4, 0.5) is 0 Å². The number of hydrogen-bond acceptors (Lipinski definition) is 1. The van der Waals surface area contributed by atoms with Gasteiger partial charge in [-0.15, -0.1) is 0 Å². The van der Waals surface area contributed by atoms with Crippen molar-refractivity contribution in [1.82, 2.24) is 9.97 Å². The van der Waals surface area contributed by atoms with Gasteiger partial charge in [0.05, 0.1) is 11.0 Å². The van der Waals surface area contributed by atoms with Crippen molar-refractivity contribution >= 4 is 55.1 Å². The summed E-state index contributed by atoms with van der Waals surface area (Å²) in [7, 11) is 0.